The van der Waals surface area contributed by atoms with Crippen molar-refractivity contribution < 1.29 is 37.2 Å². The van der Waals surface area contributed by atoms with Gasteiger partial charge in [-0.2, -0.15) is 17.6 Å². The van der Waals surface area contributed by atoms with Gasteiger partial charge in [-0.05, 0) is 60.7 Å². The number of fused-ring (bicyclic) bond motifs is 6. The highest BCUT2D eigenvalue weighted by Gasteiger charge is 2.38. The number of hydrogen-bond donors (Lipinski definition) is 2. The van der Waals surface area contributed by atoms with E-state index in [0.717, 1.165) is 11.0 Å². The average Bonchev–Trinajstić information content (AvgIpc) is 3.78. The molecule has 6 aromatic rings. The summed E-state index contributed by atoms with van der Waals surface area (Å²) < 4.78 is 65.6. The van der Waals surface area contributed by atoms with Crippen LogP contribution in [0, 0.1) is 0 Å². The third kappa shape index (κ3) is 6.46. The second-order valence-corrected chi connectivity index (χ2v) is 14.1. The van der Waals surface area contributed by atoms with Crippen LogP contribution in [0.1, 0.15) is 59.9 Å². The van der Waals surface area contributed by atoms with E-state index in [0.29, 0.717) is 65.6 Å². The van der Waals surface area contributed by atoms with Crippen molar-refractivity contribution in [2.24, 2.45) is 0 Å². The lowest BCUT2D eigenvalue weighted by Gasteiger charge is -2.20. The molecule has 8 rings (SSSR count). The van der Waals surface area contributed by atoms with Crippen molar-refractivity contribution in [1.29, 1.82) is 0 Å². The zero-order valence-corrected chi connectivity index (χ0v) is 30.0. The standard InChI is InChI=1S/2C17H12BrClF2N2O2/c2*18-9-2-1-3-14(25-17(20)21)15(9)12-7-13(24)16-22-10-5-4-8(19)6-11(10)23(12)16/h2*1-6,12-13,17,24H,7H2/t12-,13+;12-,13-/m11/s1. The topological polar surface area (TPSA) is 94.6 Å². The van der Waals surface area contributed by atoms with E-state index in [1.54, 1.807) is 60.7 Å². The van der Waals surface area contributed by atoms with Gasteiger partial charge < -0.3 is 28.8 Å². The molecule has 2 aliphatic heterocycles. The van der Waals surface area contributed by atoms with Crippen LogP contribution in [-0.2, 0) is 0 Å². The molecule has 2 aliphatic rings. The first-order chi connectivity index (χ1) is 23.9. The molecule has 8 nitrogen and oxygen atoms in total. The molecular weight excluding hydrogens is 835 g/mol. The lowest BCUT2D eigenvalue weighted by atomic mass is 10.0. The highest BCUT2D eigenvalue weighted by atomic mass is 79.9. The molecule has 0 radical (unpaired) electrons. The Kier molecular flexibility index (Phi) is 9.78. The maximum atomic E-state index is 12.8. The zero-order chi connectivity index (χ0) is 35.4. The fourth-order valence-corrected chi connectivity index (χ4v) is 8.27. The number of rotatable bonds is 6. The number of aromatic nitrogens is 4. The van der Waals surface area contributed by atoms with Gasteiger partial charge >= 0.3 is 13.2 Å². The SMILES string of the molecule is O[C@@H]1C[C@H](c2c(Br)cccc2OC(F)F)n2c1nc1ccc(Cl)cc12.O[C@H]1C[C@H](c2c(Br)cccc2OC(F)F)n2c1nc1ccc(Cl)cc12. The van der Waals surface area contributed by atoms with Gasteiger partial charge in [-0.3, -0.25) is 0 Å². The number of nitrogens with zero attached hydrogens (tertiary/aromatic N) is 4. The van der Waals surface area contributed by atoms with Crippen LogP contribution in [0.3, 0.4) is 0 Å². The predicted molar refractivity (Wildman–Crippen MR) is 186 cm³/mol. The van der Waals surface area contributed by atoms with Gasteiger partial charge in [-0.1, -0.05) is 67.2 Å². The Balaban J connectivity index is 0.000000157. The number of alkyl halides is 4. The van der Waals surface area contributed by atoms with Crippen molar-refractivity contribution in [3.63, 3.8) is 0 Å². The van der Waals surface area contributed by atoms with Gasteiger partial charge in [0.2, 0.25) is 0 Å². The predicted octanol–water partition coefficient (Wildman–Crippen LogP) is 10.2. The van der Waals surface area contributed by atoms with Crippen molar-refractivity contribution >= 4 is 77.1 Å². The molecule has 0 aliphatic carbocycles. The van der Waals surface area contributed by atoms with Crippen LogP contribution in [0.15, 0.2) is 81.7 Å². The molecule has 0 saturated carbocycles. The van der Waals surface area contributed by atoms with Crippen molar-refractivity contribution in [1.82, 2.24) is 19.1 Å². The number of halogens is 8. The molecule has 4 heterocycles. The van der Waals surface area contributed by atoms with Gasteiger partial charge in [0, 0.05) is 43.0 Å². The highest BCUT2D eigenvalue weighted by Crippen LogP contribution is 2.48. The molecule has 2 aromatic heterocycles. The maximum Gasteiger partial charge on any atom is 0.387 e. The molecule has 0 saturated heterocycles. The molecule has 50 heavy (non-hydrogen) atoms. The Labute approximate surface area is 308 Å². The normalized spacial score (nSPS) is 19.6. The van der Waals surface area contributed by atoms with Crippen LogP contribution < -0.4 is 9.47 Å². The molecular formula is C34H24Br2Cl2F4N4O4. The molecule has 2 N–H and O–H groups in total. The van der Waals surface area contributed by atoms with E-state index in [4.69, 9.17) is 32.7 Å². The molecule has 260 valence electrons. The molecule has 0 amide bonds. The van der Waals surface area contributed by atoms with Crippen LogP contribution in [0.5, 0.6) is 11.5 Å². The lowest BCUT2D eigenvalue weighted by Crippen LogP contribution is -2.11. The number of aliphatic hydroxyl groups is 2. The van der Waals surface area contributed by atoms with E-state index >= 15 is 0 Å². The third-order valence-electron chi connectivity index (χ3n) is 8.59. The Morgan fingerprint density at radius 1 is 0.660 bits per heavy atom. The number of hydrogen-bond acceptors (Lipinski definition) is 6. The number of benzene rings is 4. The first-order valence-corrected chi connectivity index (χ1v) is 17.4. The molecule has 4 atom stereocenters. The highest BCUT2D eigenvalue weighted by molar-refractivity contribution is 9.10. The van der Waals surface area contributed by atoms with Crippen LogP contribution in [0.25, 0.3) is 22.1 Å². The average molecular weight is 859 g/mol. The second-order valence-electron chi connectivity index (χ2n) is 11.5. The largest absolute Gasteiger partial charge is 0.434 e. The minimum Gasteiger partial charge on any atom is -0.434 e. The molecule has 0 fully saturated rings. The molecule has 0 bridgehead atoms. The second kappa shape index (κ2) is 14.0. The quantitative estimate of drug-likeness (QED) is 0.162. The summed E-state index contributed by atoms with van der Waals surface area (Å²) in [6.07, 6.45) is -0.981. The van der Waals surface area contributed by atoms with Crippen LogP contribution >= 0.6 is 55.1 Å². The summed E-state index contributed by atoms with van der Waals surface area (Å²) in [4.78, 5) is 8.92. The van der Waals surface area contributed by atoms with Gasteiger partial charge in [-0.25, -0.2) is 9.97 Å². The van der Waals surface area contributed by atoms with E-state index < -0.39 is 37.5 Å². The van der Waals surface area contributed by atoms with E-state index in [1.807, 2.05) is 9.13 Å². The van der Waals surface area contributed by atoms with E-state index in [1.165, 1.54) is 12.1 Å². The lowest BCUT2D eigenvalue weighted by molar-refractivity contribution is -0.0514. The number of imidazole rings is 2. The van der Waals surface area contributed by atoms with Crippen LogP contribution in [-0.4, -0.2) is 42.5 Å². The summed E-state index contributed by atoms with van der Waals surface area (Å²) in [7, 11) is 0. The fraction of sp³-hybridized carbons (Fsp3) is 0.235. The molecule has 4 aromatic carbocycles. The first-order valence-electron chi connectivity index (χ1n) is 15.1. The molecule has 16 heteroatoms. The van der Waals surface area contributed by atoms with Gasteiger partial charge in [0.15, 0.2) is 0 Å². The minimum absolute atomic E-state index is 0.0679. The molecule has 0 spiro atoms. The number of aliphatic hydroxyl groups excluding tert-OH is 2. The maximum absolute atomic E-state index is 12.8. The van der Waals surface area contributed by atoms with Gasteiger partial charge in [-0.15, -0.1) is 0 Å². The summed E-state index contributed by atoms with van der Waals surface area (Å²) in [5.41, 5.74) is 3.93. The molecule has 0 unspecified atom stereocenters. The van der Waals surface area contributed by atoms with E-state index in [2.05, 4.69) is 41.8 Å². The number of ether oxygens (including phenoxy) is 2. The van der Waals surface area contributed by atoms with Crippen LogP contribution in [0.2, 0.25) is 10.0 Å². The summed E-state index contributed by atoms with van der Waals surface area (Å²) >= 11 is 19.0. The van der Waals surface area contributed by atoms with Crippen molar-refractivity contribution in [2.75, 3.05) is 0 Å². The van der Waals surface area contributed by atoms with E-state index in [-0.39, 0.29) is 11.5 Å². The van der Waals surface area contributed by atoms with Gasteiger partial charge in [0.25, 0.3) is 0 Å². The first kappa shape index (κ1) is 35.0. The monoisotopic (exact) mass is 856 g/mol. The Hall–Kier alpha value is -3.40. The van der Waals surface area contributed by atoms with Crippen LogP contribution in [0.4, 0.5) is 17.6 Å². The summed E-state index contributed by atoms with van der Waals surface area (Å²) in [6.45, 7) is -5.87. The summed E-state index contributed by atoms with van der Waals surface area (Å²) in [5, 5.41) is 21.9. The third-order valence-corrected chi connectivity index (χ3v) is 10.4. The Morgan fingerprint density at radius 2 is 1.06 bits per heavy atom. The smallest absolute Gasteiger partial charge is 0.387 e. The zero-order valence-electron chi connectivity index (χ0n) is 25.3. The Morgan fingerprint density at radius 3 is 1.44 bits per heavy atom. The van der Waals surface area contributed by atoms with Gasteiger partial charge in [0.1, 0.15) is 35.4 Å². The summed E-state index contributed by atoms with van der Waals surface area (Å²) in [5.74, 6) is 1.11. The van der Waals surface area contributed by atoms with E-state index in [9.17, 15) is 27.8 Å². The van der Waals surface area contributed by atoms with Crippen molar-refractivity contribution in [3.8, 4) is 11.5 Å². The van der Waals surface area contributed by atoms with Crippen molar-refractivity contribution in [3.05, 3.63) is 115 Å². The Bertz CT molecular complexity index is 2080. The summed E-state index contributed by atoms with van der Waals surface area (Å²) in [6, 6.07) is 19.4. The van der Waals surface area contributed by atoms with Gasteiger partial charge in [0.05, 0.1) is 34.2 Å². The fourth-order valence-electron chi connectivity index (χ4n) is 6.71. The minimum atomic E-state index is -2.94. The van der Waals surface area contributed by atoms with Crippen molar-refractivity contribution in [2.45, 2.75) is 50.4 Å².